The van der Waals surface area contributed by atoms with Gasteiger partial charge in [0.25, 0.3) is 0 Å². The van der Waals surface area contributed by atoms with E-state index in [2.05, 4.69) is 10.3 Å². The molecule has 1 fully saturated rings. The molecule has 1 atom stereocenters. The molecule has 1 aromatic rings. The largest absolute Gasteiger partial charge is 0.479 e. The molecule has 6 nitrogen and oxygen atoms in total. The van der Waals surface area contributed by atoms with E-state index in [4.69, 9.17) is 19.9 Å². The molecule has 0 aliphatic carbocycles. The van der Waals surface area contributed by atoms with Crippen LogP contribution in [0.5, 0.6) is 5.88 Å². The van der Waals surface area contributed by atoms with Crippen molar-refractivity contribution in [1.29, 1.82) is 0 Å². The second-order valence-corrected chi connectivity index (χ2v) is 4.34. The third kappa shape index (κ3) is 2.65. The molecule has 1 unspecified atom stereocenters. The van der Waals surface area contributed by atoms with E-state index in [0.29, 0.717) is 30.5 Å². The van der Waals surface area contributed by atoms with Crippen LogP contribution in [0, 0.1) is 0 Å². The summed E-state index contributed by atoms with van der Waals surface area (Å²) in [5, 5.41) is 3.23. The average molecular weight is 253 g/mol. The monoisotopic (exact) mass is 253 g/mol. The average Bonchev–Trinajstić information content (AvgIpc) is 2.87. The second-order valence-electron chi connectivity index (χ2n) is 4.34. The van der Waals surface area contributed by atoms with Gasteiger partial charge in [0, 0.05) is 26.7 Å². The number of nitrogen functional groups attached to an aromatic ring is 1. The summed E-state index contributed by atoms with van der Waals surface area (Å²) in [4.78, 5) is 4.26. The number of nitrogens with two attached hydrogens (primary N) is 1. The highest BCUT2D eigenvalue weighted by Gasteiger charge is 2.34. The first-order chi connectivity index (χ1) is 8.69. The van der Waals surface area contributed by atoms with Crippen molar-refractivity contribution in [2.24, 2.45) is 0 Å². The van der Waals surface area contributed by atoms with Crippen molar-refractivity contribution in [2.75, 3.05) is 45.0 Å². The predicted molar refractivity (Wildman–Crippen MR) is 68.9 cm³/mol. The van der Waals surface area contributed by atoms with Crippen molar-refractivity contribution in [3.05, 3.63) is 12.1 Å². The van der Waals surface area contributed by atoms with Crippen LogP contribution >= 0.6 is 0 Å². The molecule has 1 saturated heterocycles. The Morgan fingerprint density at radius 2 is 2.33 bits per heavy atom. The van der Waals surface area contributed by atoms with E-state index in [1.54, 1.807) is 20.3 Å². The summed E-state index contributed by atoms with van der Waals surface area (Å²) in [6, 6.07) is 3.58. The van der Waals surface area contributed by atoms with Gasteiger partial charge in [-0.25, -0.2) is 0 Å². The van der Waals surface area contributed by atoms with E-state index in [1.807, 2.05) is 6.07 Å². The zero-order valence-corrected chi connectivity index (χ0v) is 10.7. The molecule has 2 rings (SSSR count). The molecule has 0 radical (unpaired) electrons. The number of rotatable bonds is 5. The summed E-state index contributed by atoms with van der Waals surface area (Å²) >= 11 is 0. The Morgan fingerprint density at radius 1 is 1.50 bits per heavy atom. The zero-order chi connectivity index (χ0) is 13.0. The first kappa shape index (κ1) is 12.9. The maximum Gasteiger partial charge on any atom is 0.238 e. The SMILES string of the molecule is COc1nc(NCC2(OC)CCOC2)ccc1N. The van der Waals surface area contributed by atoms with Gasteiger partial charge in [-0.3, -0.25) is 0 Å². The maximum atomic E-state index is 5.71. The van der Waals surface area contributed by atoms with Crippen molar-refractivity contribution in [1.82, 2.24) is 4.98 Å². The van der Waals surface area contributed by atoms with Crippen LogP contribution in [0.2, 0.25) is 0 Å². The standard InChI is InChI=1S/C12H19N3O3/c1-16-11-9(13)3-4-10(15-11)14-7-12(17-2)5-6-18-8-12/h3-4H,5-8,13H2,1-2H3,(H,14,15). The van der Waals surface area contributed by atoms with Crippen LogP contribution in [-0.2, 0) is 9.47 Å². The molecule has 100 valence electrons. The van der Waals surface area contributed by atoms with Crippen LogP contribution in [0.15, 0.2) is 12.1 Å². The van der Waals surface area contributed by atoms with Crippen LogP contribution in [0.3, 0.4) is 0 Å². The summed E-state index contributed by atoms with van der Waals surface area (Å²) in [7, 11) is 3.25. The van der Waals surface area contributed by atoms with Gasteiger partial charge in [0.15, 0.2) is 0 Å². The van der Waals surface area contributed by atoms with E-state index in [1.165, 1.54) is 0 Å². The summed E-state index contributed by atoms with van der Waals surface area (Å²) in [6.07, 6.45) is 0.878. The molecule has 1 aliphatic rings. The highest BCUT2D eigenvalue weighted by molar-refractivity contribution is 5.53. The Morgan fingerprint density at radius 3 is 2.94 bits per heavy atom. The first-order valence-corrected chi connectivity index (χ1v) is 5.86. The van der Waals surface area contributed by atoms with E-state index >= 15 is 0 Å². The molecule has 0 amide bonds. The molecule has 3 N–H and O–H groups in total. The Labute approximate surface area is 106 Å². The van der Waals surface area contributed by atoms with Gasteiger partial charge in [0.05, 0.1) is 19.4 Å². The molecule has 0 bridgehead atoms. The van der Waals surface area contributed by atoms with Crippen molar-refractivity contribution < 1.29 is 14.2 Å². The quantitative estimate of drug-likeness (QED) is 0.811. The van der Waals surface area contributed by atoms with Crippen LogP contribution in [0.4, 0.5) is 11.5 Å². The summed E-state index contributed by atoms with van der Waals surface area (Å²) < 4.78 is 16.0. The lowest BCUT2D eigenvalue weighted by molar-refractivity contribution is -0.00625. The van der Waals surface area contributed by atoms with E-state index in [9.17, 15) is 0 Å². The van der Waals surface area contributed by atoms with E-state index in [-0.39, 0.29) is 5.60 Å². The minimum atomic E-state index is -0.268. The lowest BCUT2D eigenvalue weighted by atomic mass is 10.0. The van der Waals surface area contributed by atoms with Gasteiger partial charge >= 0.3 is 0 Å². The molecular formula is C12H19N3O3. The fourth-order valence-corrected chi connectivity index (χ4v) is 1.93. The molecule has 0 spiro atoms. The van der Waals surface area contributed by atoms with Crippen LogP contribution in [0.1, 0.15) is 6.42 Å². The third-order valence-corrected chi connectivity index (χ3v) is 3.17. The number of ether oxygens (including phenoxy) is 3. The van der Waals surface area contributed by atoms with Crippen molar-refractivity contribution in [2.45, 2.75) is 12.0 Å². The third-order valence-electron chi connectivity index (χ3n) is 3.17. The van der Waals surface area contributed by atoms with Gasteiger partial charge in [0.2, 0.25) is 5.88 Å². The van der Waals surface area contributed by atoms with Crippen molar-refractivity contribution >= 4 is 11.5 Å². The molecular weight excluding hydrogens is 234 g/mol. The number of anilines is 2. The Kier molecular flexibility index (Phi) is 3.88. The van der Waals surface area contributed by atoms with Crippen molar-refractivity contribution in [3.8, 4) is 5.88 Å². The molecule has 0 aromatic carbocycles. The van der Waals surface area contributed by atoms with E-state index < -0.39 is 0 Å². The van der Waals surface area contributed by atoms with Gasteiger partial charge in [-0.15, -0.1) is 0 Å². The Hall–Kier alpha value is -1.53. The Balaban J connectivity index is 2.01. The van der Waals surface area contributed by atoms with Crippen LogP contribution < -0.4 is 15.8 Å². The van der Waals surface area contributed by atoms with Gasteiger partial charge in [-0.1, -0.05) is 0 Å². The smallest absolute Gasteiger partial charge is 0.238 e. The fourth-order valence-electron chi connectivity index (χ4n) is 1.93. The van der Waals surface area contributed by atoms with Gasteiger partial charge < -0.3 is 25.3 Å². The van der Waals surface area contributed by atoms with Crippen LogP contribution in [0.25, 0.3) is 0 Å². The highest BCUT2D eigenvalue weighted by Crippen LogP contribution is 2.24. The topological polar surface area (TPSA) is 78.6 Å². The molecule has 18 heavy (non-hydrogen) atoms. The predicted octanol–water partition coefficient (Wildman–Crippen LogP) is 0.890. The summed E-state index contributed by atoms with van der Waals surface area (Å²) in [5.41, 5.74) is 5.96. The number of nitrogens with one attached hydrogen (secondary N) is 1. The second kappa shape index (κ2) is 5.41. The molecule has 1 aromatic heterocycles. The number of hydrogen-bond acceptors (Lipinski definition) is 6. The normalized spacial score (nSPS) is 23.0. The number of aromatic nitrogens is 1. The summed E-state index contributed by atoms with van der Waals surface area (Å²) in [5.74, 6) is 1.14. The number of pyridine rings is 1. The molecule has 1 aliphatic heterocycles. The minimum Gasteiger partial charge on any atom is -0.479 e. The molecule has 6 heteroatoms. The highest BCUT2D eigenvalue weighted by atomic mass is 16.5. The zero-order valence-electron chi connectivity index (χ0n) is 10.7. The lowest BCUT2D eigenvalue weighted by Crippen LogP contribution is -2.39. The summed E-state index contributed by atoms with van der Waals surface area (Å²) in [6.45, 7) is 1.97. The lowest BCUT2D eigenvalue weighted by Gasteiger charge is -2.26. The number of hydrogen-bond donors (Lipinski definition) is 2. The Bertz CT molecular complexity index is 406. The van der Waals surface area contributed by atoms with Gasteiger partial charge in [-0.2, -0.15) is 4.98 Å². The fraction of sp³-hybridized carbons (Fsp3) is 0.583. The minimum absolute atomic E-state index is 0.268. The molecule has 0 saturated carbocycles. The molecule has 2 heterocycles. The number of methoxy groups -OCH3 is 2. The van der Waals surface area contributed by atoms with Crippen molar-refractivity contribution in [3.63, 3.8) is 0 Å². The van der Waals surface area contributed by atoms with Gasteiger partial charge in [-0.05, 0) is 12.1 Å². The number of nitrogens with zero attached hydrogens (tertiary/aromatic N) is 1. The van der Waals surface area contributed by atoms with Gasteiger partial charge in [0.1, 0.15) is 11.4 Å². The first-order valence-electron chi connectivity index (χ1n) is 5.86. The maximum absolute atomic E-state index is 5.71. The van der Waals surface area contributed by atoms with E-state index in [0.717, 1.165) is 13.0 Å². The van der Waals surface area contributed by atoms with Crippen LogP contribution in [-0.4, -0.2) is 44.6 Å².